The molecule has 3 heterocycles. The molecule has 2 aliphatic heterocycles. The van der Waals surface area contributed by atoms with Crippen LogP contribution in [0.5, 0.6) is 0 Å². The van der Waals surface area contributed by atoms with Crippen LogP contribution in [0.2, 0.25) is 0 Å². The van der Waals surface area contributed by atoms with Gasteiger partial charge >= 0.3 is 7.12 Å². The van der Waals surface area contributed by atoms with Gasteiger partial charge in [-0.2, -0.15) is 5.10 Å². The average molecular weight is 250 g/mol. The largest absolute Gasteiger partial charge is 0.498 e. The molecule has 0 aromatic carbocycles. The highest BCUT2D eigenvalue weighted by Crippen LogP contribution is 2.36. The second kappa shape index (κ2) is 3.82. The zero-order valence-electron chi connectivity index (χ0n) is 11.4. The van der Waals surface area contributed by atoms with Gasteiger partial charge in [0.15, 0.2) is 0 Å². The third-order valence-corrected chi connectivity index (χ3v) is 4.18. The molecule has 1 fully saturated rings. The molecule has 0 N–H and O–H groups in total. The Kier molecular flexibility index (Phi) is 2.59. The van der Waals surface area contributed by atoms with Crippen molar-refractivity contribution >= 4 is 12.6 Å². The quantitative estimate of drug-likeness (QED) is 0.689. The molecule has 2 aliphatic rings. The predicted molar refractivity (Wildman–Crippen MR) is 67.6 cm³/mol. The summed E-state index contributed by atoms with van der Waals surface area (Å²) in [5.41, 5.74) is 1.59. The highest BCUT2D eigenvalue weighted by molar-refractivity contribution is 6.62. The number of aromatic nitrogens is 2. The first-order valence-corrected chi connectivity index (χ1v) is 6.39. The summed E-state index contributed by atoms with van der Waals surface area (Å²) >= 11 is 0. The number of nitrogens with zero attached hydrogens (tertiary/aromatic N) is 2. The normalized spacial score (nSPS) is 25.2. The molecule has 0 radical (unpaired) electrons. The lowest BCUT2D eigenvalue weighted by atomic mass is 9.78. The SMILES string of the molecule is CC1(C)OB(c2cnn3c2CCOC3)OC1(C)C. The molecule has 1 aromatic rings. The molecular weight excluding hydrogens is 231 g/mol. The van der Waals surface area contributed by atoms with Gasteiger partial charge in [-0.05, 0) is 27.7 Å². The molecule has 0 saturated carbocycles. The Hall–Kier alpha value is -0.845. The summed E-state index contributed by atoms with van der Waals surface area (Å²) in [6, 6.07) is 0. The van der Waals surface area contributed by atoms with Crippen LogP contribution in [0.4, 0.5) is 0 Å². The Balaban J connectivity index is 1.91. The zero-order valence-corrected chi connectivity index (χ0v) is 11.4. The summed E-state index contributed by atoms with van der Waals surface area (Å²) in [5, 5.41) is 4.33. The summed E-state index contributed by atoms with van der Waals surface area (Å²) in [5.74, 6) is 0. The van der Waals surface area contributed by atoms with E-state index in [-0.39, 0.29) is 18.3 Å². The van der Waals surface area contributed by atoms with Crippen LogP contribution in [0.3, 0.4) is 0 Å². The summed E-state index contributed by atoms with van der Waals surface area (Å²) in [6.45, 7) is 9.50. The Morgan fingerprint density at radius 2 is 1.89 bits per heavy atom. The van der Waals surface area contributed by atoms with Crippen LogP contribution >= 0.6 is 0 Å². The van der Waals surface area contributed by atoms with Gasteiger partial charge in [0.1, 0.15) is 6.73 Å². The van der Waals surface area contributed by atoms with E-state index >= 15 is 0 Å². The van der Waals surface area contributed by atoms with Crippen molar-refractivity contribution in [1.29, 1.82) is 0 Å². The lowest BCUT2D eigenvalue weighted by Gasteiger charge is -2.32. The fourth-order valence-corrected chi connectivity index (χ4v) is 2.30. The van der Waals surface area contributed by atoms with E-state index in [9.17, 15) is 0 Å². The zero-order chi connectivity index (χ0) is 13.0. The van der Waals surface area contributed by atoms with Gasteiger partial charge in [0.25, 0.3) is 0 Å². The topological polar surface area (TPSA) is 45.5 Å². The third kappa shape index (κ3) is 1.71. The van der Waals surface area contributed by atoms with E-state index in [1.807, 2.05) is 10.9 Å². The van der Waals surface area contributed by atoms with Crippen LogP contribution in [0.25, 0.3) is 0 Å². The Morgan fingerprint density at radius 3 is 2.56 bits per heavy atom. The molecule has 98 valence electrons. The van der Waals surface area contributed by atoms with Crippen molar-refractivity contribution in [3.8, 4) is 0 Å². The van der Waals surface area contributed by atoms with E-state index in [0.717, 1.165) is 18.5 Å². The molecule has 0 unspecified atom stereocenters. The molecule has 0 amide bonds. The monoisotopic (exact) mass is 250 g/mol. The lowest BCUT2D eigenvalue weighted by molar-refractivity contribution is 0.00578. The molecule has 18 heavy (non-hydrogen) atoms. The van der Waals surface area contributed by atoms with Crippen LogP contribution < -0.4 is 5.46 Å². The second-order valence-electron chi connectivity index (χ2n) is 5.92. The van der Waals surface area contributed by atoms with Gasteiger partial charge in [0.05, 0.1) is 17.8 Å². The molecule has 1 saturated heterocycles. The molecule has 0 bridgehead atoms. The fourth-order valence-electron chi connectivity index (χ4n) is 2.30. The molecular formula is C12H19BN2O3. The Morgan fingerprint density at radius 1 is 1.22 bits per heavy atom. The molecule has 6 heteroatoms. The molecule has 3 rings (SSSR count). The maximum absolute atomic E-state index is 6.06. The number of rotatable bonds is 1. The number of hydrogen-bond acceptors (Lipinski definition) is 4. The highest BCUT2D eigenvalue weighted by atomic mass is 16.7. The smallest absolute Gasteiger partial charge is 0.399 e. The Labute approximate surface area is 108 Å². The van der Waals surface area contributed by atoms with Gasteiger partial charge in [0.2, 0.25) is 0 Å². The molecule has 1 aromatic heterocycles. The molecule has 0 atom stereocenters. The van der Waals surface area contributed by atoms with E-state index in [2.05, 4.69) is 32.8 Å². The lowest BCUT2D eigenvalue weighted by Crippen LogP contribution is -2.41. The summed E-state index contributed by atoms with van der Waals surface area (Å²) in [7, 11) is -0.322. The van der Waals surface area contributed by atoms with Crippen molar-refractivity contribution < 1.29 is 14.0 Å². The van der Waals surface area contributed by atoms with Crippen LogP contribution in [0, 0.1) is 0 Å². The van der Waals surface area contributed by atoms with Crippen molar-refractivity contribution in [2.45, 2.75) is 52.0 Å². The maximum Gasteiger partial charge on any atom is 0.498 e. The molecule has 0 spiro atoms. The van der Waals surface area contributed by atoms with Crippen molar-refractivity contribution in [3.63, 3.8) is 0 Å². The van der Waals surface area contributed by atoms with Crippen molar-refractivity contribution in [2.24, 2.45) is 0 Å². The Bertz CT molecular complexity index is 454. The highest BCUT2D eigenvalue weighted by Gasteiger charge is 2.52. The third-order valence-electron chi connectivity index (χ3n) is 4.18. The van der Waals surface area contributed by atoms with Gasteiger partial charge in [-0.15, -0.1) is 0 Å². The second-order valence-corrected chi connectivity index (χ2v) is 5.92. The minimum absolute atomic E-state index is 0.308. The van der Waals surface area contributed by atoms with Crippen molar-refractivity contribution in [1.82, 2.24) is 9.78 Å². The summed E-state index contributed by atoms with van der Waals surface area (Å²) in [4.78, 5) is 0. The molecule has 5 nitrogen and oxygen atoms in total. The van der Waals surface area contributed by atoms with Gasteiger partial charge in [-0.1, -0.05) is 0 Å². The summed E-state index contributed by atoms with van der Waals surface area (Å²) < 4.78 is 19.4. The first kappa shape index (κ1) is 12.2. The van der Waals surface area contributed by atoms with Crippen LogP contribution in [0.1, 0.15) is 33.4 Å². The van der Waals surface area contributed by atoms with Crippen LogP contribution in [-0.2, 0) is 27.2 Å². The van der Waals surface area contributed by atoms with E-state index in [1.165, 1.54) is 5.69 Å². The van der Waals surface area contributed by atoms with Crippen LogP contribution in [-0.4, -0.2) is 34.7 Å². The fraction of sp³-hybridized carbons (Fsp3) is 0.750. The number of ether oxygens (including phenoxy) is 1. The number of hydrogen-bond donors (Lipinski definition) is 0. The van der Waals surface area contributed by atoms with Crippen LogP contribution in [0.15, 0.2) is 6.20 Å². The van der Waals surface area contributed by atoms with Gasteiger partial charge in [-0.3, -0.25) is 0 Å². The van der Waals surface area contributed by atoms with E-state index in [4.69, 9.17) is 14.0 Å². The molecule has 0 aliphatic carbocycles. The van der Waals surface area contributed by atoms with Gasteiger partial charge in [-0.25, -0.2) is 4.68 Å². The first-order valence-electron chi connectivity index (χ1n) is 6.39. The number of fused-ring (bicyclic) bond motifs is 1. The minimum atomic E-state index is -0.322. The standard InChI is InChI=1S/C12H19BN2O3/c1-11(2)12(3,4)18-13(17-11)9-7-14-15-8-16-6-5-10(9)15/h7H,5-6,8H2,1-4H3. The van der Waals surface area contributed by atoms with E-state index in [0.29, 0.717) is 6.73 Å². The average Bonchev–Trinajstić information content (AvgIpc) is 2.78. The van der Waals surface area contributed by atoms with Gasteiger partial charge in [0, 0.05) is 23.8 Å². The van der Waals surface area contributed by atoms with Gasteiger partial charge < -0.3 is 14.0 Å². The predicted octanol–water partition coefficient (Wildman–Crippen LogP) is 0.712. The van der Waals surface area contributed by atoms with Crippen molar-refractivity contribution in [3.05, 3.63) is 11.9 Å². The van der Waals surface area contributed by atoms with Crippen molar-refractivity contribution in [2.75, 3.05) is 6.61 Å². The van der Waals surface area contributed by atoms with E-state index in [1.54, 1.807) is 0 Å². The van der Waals surface area contributed by atoms with E-state index < -0.39 is 0 Å². The minimum Gasteiger partial charge on any atom is -0.399 e. The summed E-state index contributed by atoms with van der Waals surface area (Å²) in [6.07, 6.45) is 2.70. The first-order chi connectivity index (χ1) is 8.41. The maximum atomic E-state index is 6.06.